The molecule has 0 radical (unpaired) electrons. The van der Waals surface area contributed by atoms with Gasteiger partial charge in [-0.3, -0.25) is 0 Å². The first-order chi connectivity index (χ1) is 10.1. The van der Waals surface area contributed by atoms with Crippen LogP contribution in [0, 0.1) is 13.8 Å². The van der Waals surface area contributed by atoms with Gasteiger partial charge in [-0.15, -0.1) is 0 Å². The summed E-state index contributed by atoms with van der Waals surface area (Å²) in [5.74, 6) is 0. The average molecular weight is 279 g/mol. The molecule has 21 heavy (non-hydrogen) atoms. The van der Waals surface area contributed by atoms with Crippen molar-refractivity contribution in [3.05, 3.63) is 70.3 Å². The van der Waals surface area contributed by atoms with Crippen LogP contribution in [0.2, 0.25) is 0 Å². The van der Waals surface area contributed by atoms with Crippen molar-refractivity contribution < 1.29 is 0 Å². The van der Waals surface area contributed by atoms with E-state index in [4.69, 9.17) is 5.73 Å². The van der Waals surface area contributed by atoms with E-state index in [-0.39, 0.29) is 5.54 Å². The van der Waals surface area contributed by atoms with Gasteiger partial charge in [-0.1, -0.05) is 48.9 Å². The van der Waals surface area contributed by atoms with E-state index in [1.54, 1.807) is 0 Å². The summed E-state index contributed by atoms with van der Waals surface area (Å²) in [5.41, 5.74) is 13.7. The third-order valence-corrected chi connectivity index (χ3v) is 5.01. The van der Waals surface area contributed by atoms with Gasteiger partial charge in [-0.2, -0.15) is 0 Å². The summed E-state index contributed by atoms with van der Waals surface area (Å²) in [7, 11) is 0. The molecule has 2 aromatic rings. The highest BCUT2D eigenvalue weighted by atomic mass is 14.7. The van der Waals surface area contributed by atoms with Gasteiger partial charge in [0.1, 0.15) is 0 Å². The highest BCUT2D eigenvalue weighted by Gasteiger charge is 2.32. The SMILES string of the molecule is Cc1cccc(C)c1CC1(N)CCCCc2ccccc21. The average Bonchev–Trinajstić information content (AvgIpc) is 2.64. The Morgan fingerprint density at radius 2 is 1.67 bits per heavy atom. The fraction of sp³-hybridized carbons (Fsp3) is 0.400. The Kier molecular flexibility index (Phi) is 3.86. The molecule has 2 aromatic carbocycles. The van der Waals surface area contributed by atoms with Crippen molar-refractivity contribution >= 4 is 0 Å². The summed E-state index contributed by atoms with van der Waals surface area (Å²) in [6.07, 6.45) is 5.67. The number of rotatable bonds is 2. The van der Waals surface area contributed by atoms with Crippen LogP contribution < -0.4 is 5.73 Å². The van der Waals surface area contributed by atoms with Crippen molar-refractivity contribution in [1.29, 1.82) is 0 Å². The van der Waals surface area contributed by atoms with Gasteiger partial charge >= 0.3 is 0 Å². The van der Waals surface area contributed by atoms with Crippen LogP contribution >= 0.6 is 0 Å². The second-order valence-electron chi connectivity index (χ2n) is 6.57. The zero-order valence-corrected chi connectivity index (χ0v) is 13.2. The van der Waals surface area contributed by atoms with Crippen LogP contribution in [-0.2, 0) is 18.4 Å². The summed E-state index contributed by atoms with van der Waals surface area (Å²) in [5, 5.41) is 0. The van der Waals surface area contributed by atoms with Crippen LogP contribution in [0.5, 0.6) is 0 Å². The molecule has 0 amide bonds. The predicted octanol–water partition coefficient (Wildman–Crippen LogP) is 4.43. The van der Waals surface area contributed by atoms with E-state index >= 15 is 0 Å². The van der Waals surface area contributed by atoms with Crippen molar-refractivity contribution in [2.45, 2.75) is 51.5 Å². The fourth-order valence-corrected chi connectivity index (χ4v) is 3.74. The molecular formula is C20H25N. The first-order valence-corrected chi connectivity index (χ1v) is 8.02. The van der Waals surface area contributed by atoms with Gasteiger partial charge in [0, 0.05) is 5.54 Å². The Balaban J connectivity index is 2.04. The topological polar surface area (TPSA) is 26.0 Å². The molecule has 0 bridgehead atoms. The third-order valence-electron chi connectivity index (χ3n) is 5.01. The molecule has 1 aliphatic carbocycles. The lowest BCUT2D eigenvalue weighted by atomic mass is 9.78. The summed E-state index contributed by atoms with van der Waals surface area (Å²) in [6.45, 7) is 4.41. The Hall–Kier alpha value is -1.60. The number of nitrogens with two attached hydrogens (primary N) is 1. The van der Waals surface area contributed by atoms with Crippen LogP contribution in [0.1, 0.15) is 47.1 Å². The van der Waals surface area contributed by atoms with Gasteiger partial charge in [0.25, 0.3) is 0 Å². The highest BCUT2D eigenvalue weighted by Crippen LogP contribution is 2.36. The van der Waals surface area contributed by atoms with Gasteiger partial charge in [-0.05, 0) is 67.3 Å². The van der Waals surface area contributed by atoms with Crippen molar-refractivity contribution in [2.75, 3.05) is 0 Å². The van der Waals surface area contributed by atoms with Crippen molar-refractivity contribution in [2.24, 2.45) is 5.73 Å². The van der Waals surface area contributed by atoms with Gasteiger partial charge in [0.15, 0.2) is 0 Å². The zero-order valence-electron chi connectivity index (χ0n) is 13.2. The monoisotopic (exact) mass is 279 g/mol. The van der Waals surface area contributed by atoms with Crippen LogP contribution in [0.25, 0.3) is 0 Å². The molecule has 0 aromatic heterocycles. The highest BCUT2D eigenvalue weighted by molar-refractivity contribution is 5.40. The quantitative estimate of drug-likeness (QED) is 0.809. The summed E-state index contributed by atoms with van der Waals surface area (Å²) >= 11 is 0. The molecule has 0 saturated heterocycles. The predicted molar refractivity (Wildman–Crippen MR) is 89.5 cm³/mol. The van der Waals surface area contributed by atoms with Gasteiger partial charge in [0.2, 0.25) is 0 Å². The molecule has 0 fully saturated rings. The molecular weight excluding hydrogens is 254 g/mol. The Bertz CT molecular complexity index is 624. The van der Waals surface area contributed by atoms with Crippen molar-refractivity contribution in [3.8, 4) is 0 Å². The largest absolute Gasteiger partial charge is 0.321 e. The molecule has 0 heterocycles. The minimum atomic E-state index is -0.218. The number of hydrogen-bond donors (Lipinski definition) is 1. The summed E-state index contributed by atoms with van der Waals surface area (Å²) in [4.78, 5) is 0. The van der Waals surface area contributed by atoms with E-state index in [9.17, 15) is 0 Å². The lowest BCUT2D eigenvalue weighted by Gasteiger charge is -2.32. The molecule has 1 atom stereocenters. The van der Waals surface area contributed by atoms with Gasteiger partial charge in [-0.25, -0.2) is 0 Å². The Morgan fingerprint density at radius 3 is 2.43 bits per heavy atom. The second-order valence-corrected chi connectivity index (χ2v) is 6.57. The lowest BCUT2D eigenvalue weighted by molar-refractivity contribution is 0.397. The molecule has 110 valence electrons. The molecule has 0 aliphatic heterocycles. The van der Waals surface area contributed by atoms with Gasteiger partial charge < -0.3 is 5.73 Å². The standard InChI is InChI=1S/C20H25N/c1-15-8-7-9-16(2)18(15)14-20(21)13-6-5-11-17-10-3-4-12-19(17)20/h3-4,7-10,12H,5-6,11,13-14,21H2,1-2H3. The third kappa shape index (κ3) is 2.75. The maximum Gasteiger partial charge on any atom is 0.0453 e. The van der Waals surface area contributed by atoms with Gasteiger partial charge in [0.05, 0.1) is 0 Å². The molecule has 1 unspecified atom stereocenters. The van der Waals surface area contributed by atoms with Crippen LogP contribution in [0.4, 0.5) is 0 Å². The van der Waals surface area contributed by atoms with Crippen molar-refractivity contribution in [3.63, 3.8) is 0 Å². The minimum absolute atomic E-state index is 0.218. The van der Waals surface area contributed by atoms with E-state index < -0.39 is 0 Å². The molecule has 1 nitrogen and oxygen atoms in total. The minimum Gasteiger partial charge on any atom is -0.321 e. The summed E-state index contributed by atoms with van der Waals surface area (Å²) < 4.78 is 0. The van der Waals surface area contributed by atoms with Crippen LogP contribution in [-0.4, -0.2) is 0 Å². The van der Waals surface area contributed by atoms with E-state index in [1.807, 2.05) is 0 Å². The maximum absolute atomic E-state index is 6.94. The molecule has 1 aliphatic rings. The normalized spacial score (nSPS) is 21.7. The zero-order chi connectivity index (χ0) is 14.9. The fourth-order valence-electron chi connectivity index (χ4n) is 3.74. The van der Waals surface area contributed by atoms with E-state index in [0.717, 1.165) is 12.8 Å². The smallest absolute Gasteiger partial charge is 0.0453 e. The van der Waals surface area contributed by atoms with E-state index in [1.165, 1.54) is 47.1 Å². The molecule has 2 N–H and O–H groups in total. The van der Waals surface area contributed by atoms with Crippen LogP contribution in [0.15, 0.2) is 42.5 Å². The Morgan fingerprint density at radius 1 is 0.952 bits per heavy atom. The maximum atomic E-state index is 6.94. The molecule has 0 saturated carbocycles. The molecule has 0 spiro atoms. The molecule has 1 heteroatoms. The lowest BCUT2D eigenvalue weighted by Crippen LogP contribution is -2.39. The number of aryl methyl sites for hydroxylation is 3. The number of benzene rings is 2. The molecule has 3 rings (SSSR count). The second kappa shape index (κ2) is 5.65. The number of hydrogen-bond acceptors (Lipinski definition) is 1. The summed E-state index contributed by atoms with van der Waals surface area (Å²) in [6, 6.07) is 15.3. The van der Waals surface area contributed by atoms with E-state index in [0.29, 0.717) is 0 Å². The Labute approximate surface area is 128 Å². The van der Waals surface area contributed by atoms with Crippen molar-refractivity contribution in [1.82, 2.24) is 0 Å². The van der Waals surface area contributed by atoms with E-state index in [2.05, 4.69) is 56.3 Å². The van der Waals surface area contributed by atoms with Crippen LogP contribution in [0.3, 0.4) is 0 Å². The number of fused-ring (bicyclic) bond motifs is 1. The first kappa shape index (κ1) is 14.3. The first-order valence-electron chi connectivity index (χ1n) is 8.02.